The number of carbonyl (C=O) groups is 2. The first-order chi connectivity index (χ1) is 18.5. The molecule has 3 aromatic rings. The molecule has 2 heterocycles. The number of ether oxygens (including phenoxy) is 2. The van der Waals surface area contributed by atoms with Crippen molar-refractivity contribution in [1.82, 2.24) is 20.8 Å². The number of aromatic nitrogens is 2. The van der Waals surface area contributed by atoms with Gasteiger partial charge < -0.3 is 25.4 Å². The van der Waals surface area contributed by atoms with Gasteiger partial charge in [-0.2, -0.15) is 18.3 Å². The van der Waals surface area contributed by atoms with Gasteiger partial charge in [0.1, 0.15) is 11.3 Å². The molecule has 2 aromatic carbocycles. The van der Waals surface area contributed by atoms with Gasteiger partial charge in [0.25, 0.3) is 11.5 Å². The Balaban J connectivity index is 1.45. The molecule has 1 aliphatic heterocycles. The Hall–Kier alpha value is -4.10. The van der Waals surface area contributed by atoms with E-state index in [0.29, 0.717) is 11.3 Å². The number of methoxy groups -OCH3 is 1. The molecule has 0 saturated carbocycles. The Morgan fingerprint density at radius 3 is 2.64 bits per heavy atom. The molecule has 1 aliphatic rings. The Labute approximate surface area is 224 Å². The van der Waals surface area contributed by atoms with Crippen molar-refractivity contribution in [2.24, 2.45) is 0 Å². The van der Waals surface area contributed by atoms with Crippen LogP contribution in [0.5, 0.6) is 5.75 Å². The molecule has 10 nitrogen and oxygen atoms in total. The first-order valence-corrected chi connectivity index (χ1v) is 11.9. The van der Waals surface area contributed by atoms with Gasteiger partial charge in [0.15, 0.2) is 0 Å². The number of benzene rings is 2. The zero-order valence-electron chi connectivity index (χ0n) is 20.4. The van der Waals surface area contributed by atoms with Crippen molar-refractivity contribution < 1.29 is 32.2 Å². The fraction of sp³-hybridized carbons (Fsp3) is 0.280. The van der Waals surface area contributed by atoms with E-state index in [2.05, 4.69) is 26.1 Å². The molecule has 4 N–H and O–H groups in total. The van der Waals surface area contributed by atoms with Crippen LogP contribution < -0.4 is 26.2 Å². The maximum Gasteiger partial charge on any atom is 0.418 e. The van der Waals surface area contributed by atoms with Crippen LogP contribution >= 0.6 is 11.6 Å². The Bertz CT molecular complexity index is 1440. The Morgan fingerprint density at radius 1 is 1.21 bits per heavy atom. The van der Waals surface area contributed by atoms with E-state index in [1.807, 2.05) is 0 Å². The highest BCUT2D eigenvalue weighted by atomic mass is 35.5. The van der Waals surface area contributed by atoms with E-state index in [1.54, 1.807) is 6.07 Å². The predicted octanol–water partition coefficient (Wildman–Crippen LogP) is 3.40. The van der Waals surface area contributed by atoms with Gasteiger partial charge in [0.2, 0.25) is 5.91 Å². The van der Waals surface area contributed by atoms with Gasteiger partial charge in [-0.05, 0) is 35.9 Å². The van der Waals surface area contributed by atoms with Crippen LogP contribution in [0.25, 0.3) is 0 Å². The fourth-order valence-electron chi connectivity index (χ4n) is 3.95. The first kappa shape index (κ1) is 27.9. The van der Waals surface area contributed by atoms with Crippen molar-refractivity contribution >= 4 is 34.8 Å². The number of hydrogen-bond donors (Lipinski definition) is 4. The van der Waals surface area contributed by atoms with Crippen molar-refractivity contribution in [3.05, 3.63) is 80.7 Å². The number of nitrogens with zero attached hydrogens (tertiary/aromatic N) is 1. The summed E-state index contributed by atoms with van der Waals surface area (Å²) in [6.07, 6.45) is -3.26. The number of alkyl halides is 3. The van der Waals surface area contributed by atoms with Gasteiger partial charge in [-0.1, -0.05) is 17.7 Å². The van der Waals surface area contributed by atoms with Crippen LogP contribution in [0.15, 0.2) is 53.5 Å². The molecule has 14 heteroatoms. The highest BCUT2D eigenvalue weighted by molar-refractivity contribution is 6.31. The van der Waals surface area contributed by atoms with Gasteiger partial charge in [-0.3, -0.25) is 14.4 Å². The minimum absolute atomic E-state index is 0.0190. The molecule has 1 saturated heterocycles. The third-order valence-corrected chi connectivity index (χ3v) is 6.39. The maximum absolute atomic E-state index is 13.5. The van der Waals surface area contributed by atoms with Crippen molar-refractivity contribution in [1.29, 1.82) is 0 Å². The maximum atomic E-state index is 13.5. The summed E-state index contributed by atoms with van der Waals surface area (Å²) < 4.78 is 50.8. The zero-order valence-corrected chi connectivity index (χ0v) is 21.2. The second kappa shape index (κ2) is 11.3. The third-order valence-electron chi connectivity index (χ3n) is 6.04. The smallest absolute Gasteiger partial charge is 0.418 e. The number of nitrogens with one attached hydrogen (secondary N) is 4. The molecule has 4 rings (SSSR count). The second-order valence-corrected chi connectivity index (χ2v) is 9.10. The van der Waals surface area contributed by atoms with Gasteiger partial charge in [0, 0.05) is 36.3 Å². The Kier molecular flexibility index (Phi) is 8.11. The van der Waals surface area contributed by atoms with Crippen LogP contribution in [0.4, 0.5) is 24.5 Å². The van der Waals surface area contributed by atoms with Gasteiger partial charge in [-0.25, -0.2) is 5.10 Å². The van der Waals surface area contributed by atoms with E-state index in [-0.39, 0.29) is 48.2 Å². The monoisotopic (exact) mass is 565 g/mol. The van der Waals surface area contributed by atoms with Crippen molar-refractivity contribution in [3.8, 4) is 5.75 Å². The van der Waals surface area contributed by atoms with Crippen LogP contribution in [-0.4, -0.2) is 47.9 Å². The standard InChI is InChI=1S/C25H23ClF3N5O5/c1-38-17-4-5-20(18(10-17)25(27,28)29)32-16-3-2-14(19(26)9-16)11-30-23(37)24(6-7-39-13-24)33-22(36)15-8-21(35)34-31-12-15/h2-5,8-10,12,32H,6-7,11,13H2,1H3,(H,30,37)(H,33,36)(H,34,35). The summed E-state index contributed by atoms with van der Waals surface area (Å²) in [7, 11) is 1.28. The summed E-state index contributed by atoms with van der Waals surface area (Å²) in [5.41, 5.74) is -2.28. The van der Waals surface area contributed by atoms with Crippen LogP contribution in [0, 0.1) is 0 Å². The number of amides is 2. The summed E-state index contributed by atoms with van der Waals surface area (Å²) >= 11 is 6.36. The number of H-pyrrole nitrogens is 1. The molecule has 1 aromatic heterocycles. The van der Waals surface area contributed by atoms with E-state index in [9.17, 15) is 27.6 Å². The van der Waals surface area contributed by atoms with Crippen molar-refractivity contribution in [3.63, 3.8) is 0 Å². The van der Waals surface area contributed by atoms with Crippen molar-refractivity contribution in [2.75, 3.05) is 25.6 Å². The molecule has 0 radical (unpaired) electrons. The highest BCUT2D eigenvalue weighted by Gasteiger charge is 2.44. The lowest BCUT2D eigenvalue weighted by Gasteiger charge is -2.27. The first-order valence-electron chi connectivity index (χ1n) is 11.5. The average Bonchev–Trinajstić information content (AvgIpc) is 3.37. The summed E-state index contributed by atoms with van der Waals surface area (Å²) in [6, 6.07) is 9.11. The van der Waals surface area contributed by atoms with Crippen LogP contribution in [0.3, 0.4) is 0 Å². The highest BCUT2D eigenvalue weighted by Crippen LogP contribution is 2.38. The molecule has 1 atom stereocenters. The number of aromatic amines is 1. The SMILES string of the molecule is COc1ccc(Nc2ccc(CNC(=O)C3(NC(=O)c4cn[nH]c(=O)c4)CCOC3)c(Cl)c2)c(C(F)(F)F)c1. The van der Waals surface area contributed by atoms with Crippen LogP contribution in [0.1, 0.15) is 27.9 Å². The van der Waals surface area contributed by atoms with Crippen molar-refractivity contribution in [2.45, 2.75) is 24.7 Å². The number of rotatable bonds is 8. The molecule has 39 heavy (non-hydrogen) atoms. The fourth-order valence-corrected chi connectivity index (χ4v) is 4.20. The van der Waals surface area contributed by atoms with Gasteiger partial charge in [-0.15, -0.1) is 0 Å². The number of halogens is 4. The van der Waals surface area contributed by atoms with E-state index in [0.717, 1.165) is 18.3 Å². The summed E-state index contributed by atoms with van der Waals surface area (Å²) in [4.78, 5) is 37.2. The molecular weight excluding hydrogens is 543 g/mol. The molecule has 0 aliphatic carbocycles. The molecule has 206 valence electrons. The molecule has 2 amide bonds. The average molecular weight is 566 g/mol. The minimum Gasteiger partial charge on any atom is -0.497 e. The minimum atomic E-state index is -4.62. The molecule has 1 unspecified atom stereocenters. The summed E-state index contributed by atoms with van der Waals surface area (Å²) in [6.45, 7) is 0.118. The van der Waals surface area contributed by atoms with Crippen LogP contribution in [-0.2, 0) is 22.3 Å². The largest absolute Gasteiger partial charge is 0.497 e. The lowest BCUT2D eigenvalue weighted by atomic mass is 9.96. The number of hydrogen-bond acceptors (Lipinski definition) is 7. The van der Waals surface area contributed by atoms with Gasteiger partial charge in [0.05, 0.1) is 36.7 Å². The molecule has 0 spiro atoms. The number of carbonyl (C=O) groups excluding carboxylic acids is 2. The van der Waals surface area contributed by atoms with E-state index in [1.165, 1.54) is 31.4 Å². The predicted molar refractivity (Wildman–Crippen MR) is 135 cm³/mol. The number of anilines is 2. The third kappa shape index (κ3) is 6.49. The van der Waals surface area contributed by atoms with Gasteiger partial charge >= 0.3 is 6.18 Å². The lowest BCUT2D eigenvalue weighted by Crippen LogP contribution is -2.59. The Morgan fingerprint density at radius 2 is 2.00 bits per heavy atom. The van der Waals surface area contributed by atoms with E-state index >= 15 is 0 Å². The van der Waals surface area contributed by atoms with Crippen LogP contribution in [0.2, 0.25) is 5.02 Å². The molecular formula is C25H23ClF3N5O5. The zero-order chi connectivity index (χ0) is 28.2. The normalized spacial score (nSPS) is 16.9. The van der Waals surface area contributed by atoms with E-state index in [4.69, 9.17) is 21.1 Å². The topological polar surface area (TPSA) is 134 Å². The van der Waals surface area contributed by atoms with E-state index < -0.39 is 34.7 Å². The molecule has 1 fully saturated rings. The molecule has 0 bridgehead atoms. The lowest BCUT2D eigenvalue weighted by molar-refractivity contribution is -0.137. The summed E-state index contributed by atoms with van der Waals surface area (Å²) in [5.74, 6) is -1.13. The second-order valence-electron chi connectivity index (χ2n) is 8.70. The summed E-state index contributed by atoms with van der Waals surface area (Å²) in [5, 5.41) is 14.0. The quantitative estimate of drug-likeness (QED) is 0.329.